The smallest absolute Gasteiger partial charge is 0.286 e. The fourth-order valence-corrected chi connectivity index (χ4v) is 2.57. The summed E-state index contributed by atoms with van der Waals surface area (Å²) in [6, 6.07) is 9.57. The lowest BCUT2D eigenvalue weighted by Gasteiger charge is -2.18. The number of hydrogen-bond donors (Lipinski definition) is 0. The van der Waals surface area contributed by atoms with Gasteiger partial charge in [-0.3, -0.25) is 14.9 Å². The number of methoxy groups -OCH3 is 1. The van der Waals surface area contributed by atoms with E-state index in [-0.39, 0.29) is 29.3 Å². The number of benzene rings is 2. The summed E-state index contributed by atoms with van der Waals surface area (Å²) in [5, 5.41) is 12.0. The van der Waals surface area contributed by atoms with Gasteiger partial charge in [0.2, 0.25) is 0 Å². The second kappa shape index (κ2) is 8.53. The van der Waals surface area contributed by atoms with Crippen LogP contribution in [0.4, 0.5) is 5.69 Å². The minimum Gasteiger partial charge on any atom is -0.493 e. The number of carbonyl (C=O) groups excluding carboxylic acids is 1. The highest BCUT2D eigenvalue weighted by Gasteiger charge is 2.26. The van der Waals surface area contributed by atoms with E-state index in [9.17, 15) is 14.9 Å². The van der Waals surface area contributed by atoms with E-state index in [0.717, 1.165) is 5.56 Å². The fraction of sp³-hybridized carbons (Fsp3) is 0.278. The third-order valence-corrected chi connectivity index (χ3v) is 3.94. The molecule has 1 amide bonds. The maximum absolute atomic E-state index is 12.8. The second-order valence-electron chi connectivity index (χ2n) is 5.50. The summed E-state index contributed by atoms with van der Waals surface area (Å²) in [5.74, 6) is -0.00713. The Balaban J connectivity index is 2.36. The fourth-order valence-electron chi connectivity index (χ4n) is 2.44. The van der Waals surface area contributed by atoms with Gasteiger partial charge in [-0.25, -0.2) is 0 Å². The van der Waals surface area contributed by atoms with Crippen LogP contribution >= 0.6 is 11.6 Å². The maximum Gasteiger partial charge on any atom is 0.286 e. The van der Waals surface area contributed by atoms with E-state index in [2.05, 4.69) is 0 Å². The molecular weight excluding hydrogens is 360 g/mol. The van der Waals surface area contributed by atoms with Gasteiger partial charge in [0, 0.05) is 24.7 Å². The molecule has 0 atom stereocenters. The molecule has 0 N–H and O–H groups in total. The minimum atomic E-state index is -0.606. The average molecular weight is 379 g/mol. The summed E-state index contributed by atoms with van der Waals surface area (Å²) in [6.45, 7) is 2.35. The van der Waals surface area contributed by atoms with Crippen LogP contribution in [0.5, 0.6) is 11.5 Å². The Labute approximate surface area is 156 Å². The summed E-state index contributed by atoms with van der Waals surface area (Å²) >= 11 is 5.85. The summed E-state index contributed by atoms with van der Waals surface area (Å²) in [4.78, 5) is 25.0. The zero-order valence-corrected chi connectivity index (χ0v) is 15.4. The Morgan fingerprint density at radius 3 is 2.42 bits per heavy atom. The molecule has 2 rings (SSSR count). The largest absolute Gasteiger partial charge is 0.493 e. The molecule has 7 nitrogen and oxygen atoms in total. The topological polar surface area (TPSA) is 81.9 Å². The van der Waals surface area contributed by atoms with E-state index in [4.69, 9.17) is 21.1 Å². The first-order valence-electron chi connectivity index (χ1n) is 7.86. The van der Waals surface area contributed by atoms with Gasteiger partial charge in [0.25, 0.3) is 11.6 Å². The number of hydrogen-bond acceptors (Lipinski definition) is 5. The van der Waals surface area contributed by atoms with E-state index >= 15 is 0 Å². The molecule has 0 aliphatic rings. The monoisotopic (exact) mass is 378 g/mol. The van der Waals surface area contributed by atoms with Crippen LogP contribution in [0.3, 0.4) is 0 Å². The molecule has 2 aromatic rings. The quantitative estimate of drug-likeness (QED) is 0.538. The molecule has 0 bridgehead atoms. The first kappa shape index (κ1) is 19.5. The summed E-state index contributed by atoms with van der Waals surface area (Å²) < 4.78 is 10.6. The first-order valence-corrected chi connectivity index (χ1v) is 8.24. The van der Waals surface area contributed by atoms with E-state index in [1.165, 1.54) is 24.1 Å². The van der Waals surface area contributed by atoms with E-state index in [1.807, 2.05) is 0 Å². The van der Waals surface area contributed by atoms with Crippen LogP contribution in [0.1, 0.15) is 22.8 Å². The number of ether oxygens (including phenoxy) is 2. The number of nitro benzene ring substituents is 1. The molecule has 0 aliphatic carbocycles. The van der Waals surface area contributed by atoms with Crippen molar-refractivity contribution in [2.75, 3.05) is 20.8 Å². The van der Waals surface area contributed by atoms with E-state index in [1.54, 1.807) is 38.2 Å². The zero-order chi connectivity index (χ0) is 19.3. The highest BCUT2D eigenvalue weighted by atomic mass is 35.5. The number of amides is 1. The number of nitro groups is 1. The van der Waals surface area contributed by atoms with Crippen molar-refractivity contribution < 1.29 is 19.2 Å². The van der Waals surface area contributed by atoms with Gasteiger partial charge in [-0.15, -0.1) is 0 Å². The van der Waals surface area contributed by atoms with Crippen LogP contribution in [-0.4, -0.2) is 36.5 Å². The average Bonchev–Trinajstić information content (AvgIpc) is 2.62. The summed E-state index contributed by atoms with van der Waals surface area (Å²) in [6.07, 6.45) is 0. The molecular formula is C18H19ClN2O5. The molecule has 0 saturated heterocycles. The first-order chi connectivity index (χ1) is 12.4. The molecule has 0 heterocycles. The standard InChI is InChI=1S/C18H19ClN2O5/c1-4-26-17-10-15(21(23)24)14(9-16(17)25-3)18(22)20(2)11-12-5-7-13(19)8-6-12/h5-10H,4,11H2,1-3H3. The van der Waals surface area contributed by atoms with Crippen molar-refractivity contribution in [1.29, 1.82) is 0 Å². The number of carbonyl (C=O) groups is 1. The molecule has 0 saturated carbocycles. The van der Waals surface area contributed by atoms with Gasteiger partial charge >= 0.3 is 0 Å². The minimum absolute atomic E-state index is 0.0632. The van der Waals surface area contributed by atoms with Gasteiger partial charge in [0.1, 0.15) is 5.56 Å². The Bertz CT molecular complexity index is 808. The van der Waals surface area contributed by atoms with Crippen LogP contribution in [0, 0.1) is 10.1 Å². The van der Waals surface area contributed by atoms with Crippen LogP contribution < -0.4 is 9.47 Å². The molecule has 138 valence electrons. The number of nitrogens with zero attached hydrogens (tertiary/aromatic N) is 2. The van der Waals surface area contributed by atoms with Gasteiger partial charge in [0.05, 0.1) is 24.7 Å². The third kappa shape index (κ3) is 4.43. The van der Waals surface area contributed by atoms with Crippen LogP contribution in [0.25, 0.3) is 0 Å². The molecule has 0 aromatic heterocycles. The second-order valence-corrected chi connectivity index (χ2v) is 5.93. The Morgan fingerprint density at radius 1 is 1.23 bits per heavy atom. The lowest BCUT2D eigenvalue weighted by molar-refractivity contribution is -0.385. The van der Waals surface area contributed by atoms with Crippen LogP contribution in [-0.2, 0) is 6.54 Å². The molecule has 0 unspecified atom stereocenters. The predicted octanol–water partition coefficient (Wildman–Crippen LogP) is 3.93. The molecule has 8 heteroatoms. The van der Waals surface area contributed by atoms with E-state index < -0.39 is 10.8 Å². The van der Waals surface area contributed by atoms with E-state index in [0.29, 0.717) is 11.6 Å². The lowest BCUT2D eigenvalue weighted by Crippen LogP contribution is -2.27. The van der Waals surface area contributed by atoms with Crippen LogP contribution in [0.2, 0.25) is 5.02 Å². The van der Waals surface area contributed by atoms with Crippen molar-refractivity contribution in [3.8, 4) is 11.5 Å². The highest BCUT2D eigenvalue weighted by Crippen LogP contribution is 2.35. The van der Waals surface area contributed by atoms with Crippen molar-refractivity contribution in [2.24, 2.45) is 0 Å². The van der Waals surface area contributed by atoms with Crippen molar-refractivity contribution in [1.82, 2.24) is 4.90 Å². The highest BCUT2D eigenvalue weighted by molar-refractivity contribution is 6.30. The molecule has 0 spiro atoms. The molecule has 0 aliphatic heterocycles. The van der Waals surface area contributed by atoms with Gasteiger partial charge in [-0.2, -0.15) is 0 Å². The molecule has 2 aromatic carbocycles. The molecule has 26 heavy (non-hydrogen) atoms. The Kier molecular flexibility index (Phi) is 6.41. The van der Waals surface area contributed by atoms with Crippen molar-refractivity contribution >= 4 is 23.2 Å². The summed E-state index contributed by atoms with van der Waals surface area (Å²) in [7, 11) is 2.99. The lowest BCUT2D eigenvalue weighted by atomic mass is 10.1. The molecule has 0 radical (unpaired) electrons. The Hall–Kier alpha value is -2.80. The van der Waals surface area contributed by atoms with Crippen LogP contribution in [0.15, 0.2) is 36.4 Å². The van der Waals surface area contributed by atoms with Gasteiger partial charge in [0.15, 0.2) is 11.5 Å². The summed E-state index contributed by atoms with van der Waals surface area (Å²) in [5.41, 5.74) is 0.458. The van der Waals surface area contributed by atoms with Crippen molar-refractivity contribution in [2.45, 2.75) is 13.5 Å². The normalized spacial score (nSPS) is 10.3. The maximum atomic E-state index is 12.8. The third-order valence-electron chi connectivity index (χ3n) is 3.69. The van der Waals surface area contributed by atoms with Gasteiger partial charge in [-0.1, -0.05) is 23.7 Å². The Morgan fingerprint density at radius 2 is 1.88 bits per heavy atom. The predicted molar refractivity (Wildman–Crippen MR) is 98.1 cm³/mol. The SMILES string of the molecule is CCOc1cc([N+](=O)[O-])c(C(=O)N(C)Cc2ccc(Cl)cc2)cc1OC. The van der Waals surface area contributed by atoms with Crippen molar-refractivity contribution in [3.63, 3.8) is 0 Å². The van der Waals surface area contributed by atoms with Gasteiger partial charge < -0.3 is 14.4 Å². The van der Waals surface area contributed by atoms with Gasteiger partial charge in [-0.05, 0) is 24.6 Å². The number of halogens is 1. The zero-order valence-electron chi connectivity index (χ0n) is 14.7. The number of rotatable bonds is 7. The van der Waals surface area contributed by atoms with Crippen molar-refractivity contribution in [3.05, 3.63) is 62.7 Å². The molecule has 0 fully saturated rings.